The van der Waals surface area contributed by atoms with E-state index in [1.165, 1.54) is 0 Å². The number of halogens is 1. The highest BCUT2D eigenvalue weighted by Gasteiger charge is 2.20. The first-order chi connectivity index (χ1) is 9.77. The van der Waals surface area contributed by atoms with E-state index in [1.807, 2.05) is 33.8 Å². The molecule has 0 fully saturated rings. The van der Waals surface area contributed by atoms with Gasteiger partial charge in [-0.25, -0.2) is 4.98 Å². The van der Waals surface area contributed by atoms with Crippen LogP contribution in [0.2, 0.25) is 5.15 Å². The summed E-state index contributed by atoms with van der Waals surface area (Å²) in [4.78, 5) is 16.6. The molecule has 2 rings (SSSR count). The molecule has 0 aliphatic carbocycles. The molecular weight excluding hydrogens is 288 g/mol. The van der Waals surface area contributed by atoms with Gasteiger partial charge in [0, 0.05) is 16.7 Å². The third-order valence-corrected chi connectivity index (χ3v) is 3.34. The lowest BCUT2D eigenvalue weighted by Crippen LogP contribution is -2.27. The molecule has 0 aliphatic heterocycles. The summed E-state index contributed by atoms with van der Waals surface area (Å²) in [6.45, 7) is 7.95. The minimum Gasteiger partial charge on any atom is -0.467 e. The predicted octanol–water partition coefficient (Wildman–Crippen LogP) is 4.12. The van der Waals surface area contributed by atoms with Crippen molar-refractivity contribution >= 4 is 17.5 Å². The SMILES string of the molecule is CC(NC(=O)c1cc(Cl)nc(C(C)(C)C)c1)c1ccco1. The summed E-state index contributed by atoms with van der Waals surface area (Å²) in [5, 5.41) is 3.20. The quantitative estimate of drug-likeness (QED) is 0.868. The molecule has 1 atom stereocenters. The Labute approximate surface area is 129 Å². The number of rotatable bonds is 3. The second kappa shape index (κ2) is 5.90. The van der Waals surface area contributed by atoms with Crippen LogP contribution in [-0.4, -0.2) is 10.9 Å². The van der Waals surface area contributed by atoms with Crippen molar-refractivity contribution < 1.29 is 9.21 Å². The van der Waals surface area contributed by atoms with E-state index >= 15 is 0 Å². The van der Waals surface area contributed by atoms with Gasteiger partial charge in [0.2, 0.25) is 0 Å². The van der Waals surface area contributed by atoms with E-state index in [4.69, 9.17) is 16.0 Å². The lowest BCUT2D eigenvalue weighted by atomic mass is 9.91. The molecule has 0 radical (unpaired) electrons. The van der Waals surface area contributed by atoms with Crippen molar-refractivity contribution in [2.24, 2.45) is 0 Å². The van der Waals surface area contributed by atoms with Crippen molar-refractivity contribution in [3.63, 3.8) is 0 Å². The fourth-order valence-electron chi connectivity index (χ4n) is 1.90. The third kappa shape index (κ3) is 3.85. The Bertz CT molecular complexity index is 630. The number of aromatic nitrogens is 1. The van der Waals surface area contributed by atoms with Crippen LogP contribution in [0.25, 0.3) is 0 Å². The van der Waals surface area contributed by atoms with E-state index in [2.05, 4.69) is 10.3 Å². The zero-order valence-electron chi connectivity index (χ0n) is 12.6. The van der Waals surface area contributed by atoms with Gasteiger partial charge in [-0.3, -0.25) is 4.79 Å². The van der Waals surface area contributed by atoms with Crippen LogP contribution in [0.1, 0.15) is 55.5 Å². The van der Waals surface area contributed by atoms with Crippen LogP contribution in [0, 0.1) is 0 Å². The molecule has 0 saturated carbocycles. The lowest BCUT2D eigenvalue weighted by Gasteiger charge is -2.19. The van der Waals surface area contributed by atoms with Crippen LogP contribution in [0.5, 0.6) is 0 Å². The Morgan fingerprint density at radius 1 is 1.38 bits per heavy atom. The van der Waals surface area contributed by atoms with Gasteiger partial charge in [-0.2, -0.15) is 0 Å². The Morgan fingerprint density at radius 2 is 2.10 bits per heavy atom. The summed E-state index contributed by atoms with van der Waals surface area (Å²) < 4.78 is 5.28. The largest absolute Gasteiger partial charge is 0.467 e. The summed E-state index contributed by atoms with van der Waals surface area (Å²) in [7, 11) is 0. The number of nitrogens with zero attached hydrogens (tertiary/aromatic N) is 1. The number of amides is 1. The third-order valence-electron chi connectivity index (χ3n) is 3.14. The molecule has 2 heterocycles. The van der Waals surface area contributed by atoms with E-state index in [9.17, 15) is 4.79 Å². The van der Waals surface area contributed by atoms with Gasteiger partial charge in [-0.05, 0) is 31.2 Å². The van der Waals surface area contributed by atoms with Crippen molar-refractivity contribution in [3.8, 4) is 0 Å². The fourth-order valence-corrected chi connectivity index (χ4v) is 2.11. The first kappa shape index (κ1) is 15.6. The molecule has 0 bridgehead atoms. The van der Waals surface area contributed by atoms with Gasteiger partial charge in [0.1, 0.15) is 10.9 Å². The maximum Gasteiger partial charge on any atom is 0.252 e. The van der Waals surface area contributed by atoms with E-state index in [-0.39, 0.29) is 17.4 Å². The highest BCUT2D eigenvalue weighted by Crippen LogP contribution is 2.23. The van der Waals surface area contributed by atoms with Crippen molar-refractivity contribution in [2.75, 3.05) is 0 Å². The average Bonchev–Trinajstić information content (AvgIpc) is 2.90. The first-order valence-electron chi connectivity index (χ1n) is 6.79. The van der Waals surface area contributed by atoms with Crippen molar-refractivity contribution in [1.82, 2.24) is 10.3 Å². The summed E-state index contributed by atoms with van der Waals surface area (Å²) >= 11 is 6.03. The van der Waals surface area contributed by atoms with Gasteiger partial charge in [0.05, 0.1) is 12.3 Å². The lowest BCUT2D eigenvalue weighted by molar-refractivity contribution is 0.0935. The Hall–Kier alpha value is -1.81. The molecule has 0 aliphatic rings. The highest BCUT2D eigenvalue weighted by atomic mass is 35.5. The van der Waals surface area contributed by atoms with Gasteiger partial charge in [-0.15, -0.1) is 0 Å². The smallest absolute Gasteiger partial charge is 0.252 e. The fraction of sp³-hybridized carbons (Fsp3) is 0.375. The summed E-state index contributed by atoms with van der Waals surface area (Å²) in [6.07, 6.45) is 1.58. The monoisotopic (exact) mass is 306 g/mol. The number of furan rings is 1. The summed E-state index contributed by atoms with van der Waals surface area (Å²) in [5.74, 6) is 0.508. The Kier molecular flexibility index (Phi) is 4.37. The Morgan fingerprint density at radius 3 is 2.67 bits per heavy atom. The second-order valence-corrected chi connectivity index (χ2v) is 6.41. The van der Waals surface area contributed by atoms with E-state index in [0.717, 1.165) is 5.69 Å². The molecule has 0 aromatic carbocycles. The molecule has 0 saturated heterocycles. The van der Waals surface area contributed by atoms with Gasteiger partial charge >= 0.3 is 0 Å². The Balaban J connectivity index is 2.21. The van der Waals surface area contributed by atoms with Crippen molar-refractivity contribution in [1.29, 1.82) is 0 Å². The van der Waals surface area contributed by atoms with Gasteiger partial charge in [-0.1, -0.05) is 32.4 Å². The second-order valence-electron chi connectivity index (χ2n) is 6.02. The molecule has 5 heteroatoms. The number of carbonyl (C=O) groups excluding carboxylic acids is 1. The molecular formula is C16H19ClN2O2. The molecule has 0 spiro atoms. The molecule has 1 N–H and O–H groups in total. The summed E-state index contributed by atoms with van der Waals surface area (Å²) in [5.41, 5.74) is 1.11. The number of hydrogen-bond donors (Lipinski definition) is 1. The molecule has 21 heavy (non-hydrogen) atoms. The van der Waals surface area contributed by atoms with E-state index in [0.29, 0.717) is 16.5 Å². The number of nitrogens with one attached hydrogen (secondary N) is 1. The van der Waals surface area contributed by atoms with Gasteiger partial charge in [0.15, 0.2) is 0 Å². The van der Waals surface area contributed by atoms with Crippen molar-refractivity contribution in [2.45, 2.75) is 39.2 Å². The average molecular weight is 307 g/mol. The van der Waals surface area contributed by atoms with E-state index < -0.39 is 0 Å². The molecule has 2 aromatic heterocycles. The van der Waals surface area contributed by atoms with Crippen LogP contribution in [0.3, 0.4) is 0 Å². The van der Waals surface area contributed by atoms with Crippen LogP contribution >= 0.6 is 11.6 Å². The standard InChI is InChI=1S/C16H19ClN2O2/c1-10(12-6-5-7-21-12)18-15(20)11-8-13(16(2,3)4)19-14(17)9-11/h5-10H,1-4H3,(H,18,20). The molecule has 4 nitrogen and oxygen atoms in total. The van der Waals surface area contributed by atoms with E-state index in [1.54, 1.807) is 24.5 Å². The highest BCUT2D eigenvalue weighted by molar-refractivity contribution is 6.29. The maximum absolute atomic E-state index is 12.3. The van der Waals surface area contributed by atoms with Crippen LogP contribution in [0.4, 0.5) is 0 Å². The van der Waals surface area contributed by atoms with Gasteiger partial charge in [0.25, 0.3) is 5.91 Å². The normalized spacial score (nSPS) is 13.0. The van der Waals surface area contributed by atoms with Crippen molar-refractivity contribution in [3.05, 3.63) is 52.7 Å². The molecule has 1 unspecified atom stereocenters. The zero-order chi connectivity index (χ0) is 15.6. The zero-order valence-corrected chi connectivity index (χ0v) is 13.4. The van der Waals surface area contributed by atoms with Crippen LogP contribution in [0.15, 0.2) is 34.9 Å². The minimum atomic E-state index is -0.211. The topological polar surface area (TPSA) is 55.1 Å². The van der Waals surface area contributed by atoms with Crippen LogP contribution in [-0.2, 0) is 5.41 Å². The van der Waals surface area contributed by atoms with Crippen LogP contribution < -0.4 is 5.32 Å². The minimum absolute atomic E-state index is 0.174. The number of carbonyl (C=O) groups is 1. The number of pyridine rings is 1. The first-order valence-corrected chi connectivity index (χ1v) is 7.17. The summed E-state index contributed by atoms with van der Waals surface area (Å²) in [6, 6.07) is 6.75. The number of hydrogen-bond acceptors (Lipinski definition) is 3. The molecule has 2 aromatic rings. The maximum atomic E-state index is 12.3. The van der Waals surface area contributed by atoms with Gasteiger partial charge < -0.3 is 9.73 Å². The molecule has 112 valence electrons. The predicted molar refractivity (Wildman–Crippen MR) is 82.5 cm³/mol. The molecule has 1 amide bonds.